The zero-order chi connectivity index (χ0) is 18.5. The molecular formula is C19H28ClN3O4. The van der Waals surface area contributed by atoms with Crippen LogP contribution in [0.3, 0.4) is 0 Å². The van der Waals surface area contributed by atoms with Gasteiger partial charge in [0.2, 0.25) is 5.91 Å². The summed E-state index contributed by atoms with van der Waals surface area (Å²) in [6.07, 6.45) is 1.56. The summed E-state index contributed by atoms with van der Waals surface area (Å²) in [6, 6.07) is 6.87. The summed E-state index contributed by atoms with van der Waals surface area (Å²) in [4.78, 5) is 26.8. The van der Waals surface area contributed by atoms with Gasteiger partial charge in [-0.3, -0.25) is 9.59 Å². The molecule has 0 aromatic heterocycles. The van der Waals surface area contributed by atoms with E-state index in [1.165, 1.54) is 0 Å². The lowest BCUT2D eigenvalue weighted by Gasteiger charge is -2.31. The largest absolute Gasteiger partial charge is 0.381 e. The van der Waals surface area contributed by atoms with Crippen LogP contribution in [0, 0.1) is 0 Å². The normalized spacial score (nSPS) is 23.2. The minimum Gasteiger partial charge on any atom is -0.381 e. The number of halogens is 1. The van der Waals surface area contributed by atoms with E-state index in [4.69, 9.17) is 9.47 Å². The Balaban J connectivity index is 0.00000261. The highest BCUT2D eigenvalue weighted by Gasteiger charge is 2.28. The summed E-state index contributed by atoms with van der Waals surface area (Å²) in [7, 11) is 1.84. The number of anilines is 1. The van der Waals surface area contributed by atoms with Crippen molar-refractivity contribution in [3.63, 3.8) is 0 Å². The van der Waals surface area contributed by atoms with Crippen LogP contribution in [0.25, 0.3) is 0 Å². The number of carbonyl (C=O) groups is 2. The molecule has 2 atom stereocenters. The van der Waals surface area contributed by atoms with Gasteiger partial charge in [0.15, 0.2) is 0 Å². The van der Waals surface area contributed by atoms with Crippen LogP contribution < -0.4 is 10.6 Å². The SMILES string of the molecule is C[C@H]1OCCN[C@@H]1C(=O)Nc1ccc(C(=O)N(C)C2CCOCC2)cc1.Cl. The van der Waals surface area contributed by atoms with Crippen molar-refractivity contribution in [2.45, 2.75) is 38.0 Å². The Labute approximate surface area is 166 Å². The predicted octanol–water partition coefficient (Wildman–Crippen LogP) is 1.67. The van der Waals surface area contributed by atoms with Crippen LogP contribution in [0.5, 0.6) is 0 Å². The van der Waals surface area contributed by atoms with Crippen molar-refractivity contribution < 1.29 is 19.1 Å². The molecular weight excluding hydrogens is 370 g/mol. The Hall–Kier alpha value is -1.67. The van der Waals surface area contributed by atoms with Gasteiger partial charge in [0.05, 0.1) is 12.7 Å². The van der Waals surface area contributed by atoms with E-state index in [0.29, 0.717) is 37.6 Å². The predicted molar refractivity (Wildman–Crippen MR) is 105 cm³/mol. The highest BCUT2D eigenvalue weighted by molar-refractivity contribution is 5.97. The fraction of sp³-hybridized carbons (Fsp3) is 0.579. The van der Waals surface area contributed by atoms with E-state index in [2.05, 4.69) is 10.6 Å². The monoisotopic (exact) mass is 397 g/mol. The Morgan fingerprint density at radius 1 is 1.15 bits per heavy atom. The van der Waals surface area contributed by atoms with Crippen molar-refractivity contribution in [1.29, 1.82) is 0 Å². The molecule has 2 amide bonds. The lowest BCUT2D eigenvalue weighted by molar-refractivity contribution is -0.123. The Bertz CT molecular complexity index is 634. The third-order valence-electron chi connectivity index (χ3n) is 5.06. The zero-order valence-corrected chi connectivity index (χ0v) is 16.6. The van der Waals surface area contributed by atoms with Crippen molar-refractivity contribution in [2.75, 3.05) is 38.7 Å². The third kappa shape index (κ3) is 5.42. The number of amides is 2. The first-order valence-electron chi connectivity index (χ1n) is 9.17. The van der Waals surface area contributed by atoms with Crippen LogP contribution in [-0.4, -0.2) is 68.3 Å². The lowest BCUT2D eigenvalue weighted by Crippen LogP contribution is -2.53. The molecule has 150 valence electrons. The van der Waals surface area contributed by atoms with E-state index in [1.807, 2.05) is 14.0 Å². The van der Waals surface area contributed by atoms with Gasteiger partial charge in [-0.1, -0.05) is 0 Å². The number of hydrogen-bond acceptors (Lipinski definition) is 5. The maximum atomic E-state index is 12.6. The van der Waals surface area contributed by atoms with Crippen LogP contribution in [0.2, 0.25) is 0 Å². The van der Waals surface area contributed by atoms with E-state index >= 15 is 0 Å². The van der Waals surface area contributed by atoms with Crippen molar-refractivity contribution in [3.8, 4) is 0 Å². The Morgan fingerprint density at radius 2 is 1.81 bits per heavy atom. The van der Waals surface area contributed by atoms with Gasteiger partial charge in [0, 0.05) is 44.1 Å². The average molecular weight is 398 g/mol. The molecule has 0 spiro atoms. The van der Waals surface area contributed by atoms with E-state index in [9.17, 15) is 9.59 Å². The van der Waals surface area contributed by atoms with Crippen LogP contribution in [0.1, 0.15) is 30.1 Å². The molecule has 2 heterocycles. The van der Waals surface area contributed by atoms with Gasteiger partial charge >= 0.3 is 0 Å². The number of ether oxygens (including phenoxy) is 2. The third-order valence-corrected chi connectivity index (χ3v) is 5.06. The van der Waals surface area contributed by atoms with Gasteiger partial charge in [0.1, 0.15) is 6.04 Å². The average Bonchev–Trinajstić information content (AvgIpc) is 2.68. The molecule has 1 aromatic carbocycles. The molecule has 2 fully saturated rings. The number of benzene rings is 1. The van der Waals surface area contributed by atoms with E-state index in [1.54, 1.807) is 29.2 Å². The molecule has 2 saturated heterocycles. The lowest BCUT2D eigenvalue weighted by atomic mass is 10.1. The molecule has 2 aliphatic rings. The zero-order valence-electron chi connectivity index (χ0n) is 15.8. The molecule has 7 nitrogen and oxygen atoms in total. The molecule has 8 heteroatoms. The van der Waals surface area contributed by atoms with Crippen molar-refractivity contribution in [3.05, 3.63) is 29.8 Å². The molecule has 3 rings (SSSR count). The van der Waals surface area contributed by atoms with Gasteiger partial charge in [-0.05, 0) is 44.0 Å². The second-order valence-electron chi connectivity index (χ2n) is 6.83. The standard InChI is InChI=1S/C19H27N3O4.ClH/c1-13-17(20-9-12-26-13)18(23)21-15-5-3-14(4-6-15)19(24)22(2)16-7-10-25-11-8-16;/h3-6,13,16-17,20H,7-12H2,1-2H3,(H,21,23);1H/t13-,17+;/m1./s1. The topological polar surface area (TPSA) is 79.9 Å². The molecule has 2 aliphatic heterocycles. The smallest absolute Gasteiger partial charge is 0.253 e. The van der Waals surface area contributed by atoms with Crippen molar-refractivity contribution in [2.24, 2.45) is 0 Å². The number of morpholine rings is 1. The van der Waals surface area contributed by atoms with Gasteiger partial charge < -0.3 is 25.0 Å². The Kier molecular flexibility index (Phi) is 8.04. The van der Waals surface area contributed by atoms with Gasteiger partial charge in [0.25, 0.3) is 5.91 Å². The second-order valence-corrected chi connectivity index (χ2v) is 6.83. The summed E-state index contributed by atoms with van der Waals surface area (Å²) < 4.78 is 10.9. The van der Waals surface area contributed by atoms with E-state index in [0.717, 1.165) is 12.8 Å². The summed E-state index contributed by atoms with van der Waals surface area (Å²) in [5.41, 5.74) is 1.28. The number of rotatable bonds is 4. The maximum Gasteiger partial charge on any atom is 0.253 e. The number of nitrogens with zero attached hydrogens (tertiary/aromatic N) is 1. The second kappa shape index (κ2) is 10.0. The van der Waals surface area contributed by atoms with Gasteiger partial charge in [-0.25, -0.2) is 0 Å². The first kappa shape index (κ1) is 21.6. The Morgan fingerprint density at radius 3 is 2.44 bits per heavy atom. The van der Waals surface area contributed by atoms with Crippen molar-refractivity contribution >= 4 is 29.9 Å². The molecule has 2 N–H and O–H groups in total. The van der Waals surface area contributed by atoms with E-state index in [-0.39, 0.29) is 42.4 Å². The molecule has 0 aliphatic carbocycles. The van der Waals surface area contributed by atoms with E-state index < -0.39 is 0 Å². The first-order chi connectivity index (χ1) is 12.6. The highest BCUT2D eigenvalue weighted by atomic mass is 35.5. The van der Waals surface area contributed by atoms with Crippen molar-refractivity contribution in [1.82, 2.24) is 10.2 Å². The molecule has 0 radical (unpaired) electrons. The van der Waals surface area contributed by atoms with Crippen LogP contribution >= 0.6 is 12.4 Å². The number of carbonyl (C=O) groups excluding carboxylic acids is 2. The van der Waals surface area contributed by atoms with Crippen LogP contribution in [-0.2, 0) is 14.3 Å². The highest BCUT2D eigenvalue weighted by Crippen LogP contribution is 2.18. The van der Waals surface area contributed by atoms with Gasteiger partial charge in [-0.2, -0.15) is 0 Å². The number of hydrogen-bond donors (Lipinski definition) is 2. The fourth-order valence-corrected chi connectivity index (χ4v) is 3.39. The fourth-order valence-electron chi connectivity index (χ4n) is 3.39. The summed E-state index contributed by atoms with van der Waals surface area (Å²) in [5.74, 6) is -0.138. The number of nitrogens with one attached hydrogen (secondary N) is 2. The van der Waals surface area contributed by atoms with Gasteiger partial charge in [-0.15, -0.1) is 12.4 Å². The maximum absolute atomic E-state index is 12.6. The molecule has 1 aromatic rings. The molecule has 0 saturated carbocycles. The summed E-state index contributed by atoms with van der Waals surface area (Å²) in [6.45, 7) is 4.55. The van der Waals surface area contributed by atoms with Crippen LogP contribution in [0.4, 0.5) is 5.69 Å². The molecule has 27 heavy (non-hydrogen) atoms. The minimum absolute atomic E-state index is 0. The summed E-state index contributed by atoms with van der Waals surface area (Å²) in [5, 5.41) is 6.04. The van der Waals surface area contributed by atoms with Crippen LogP contribution in [0.15, 0.2) is 24.3 Å². The first-order valence-corrected chi connectivity index (χ1v) is 9.17. The molecule has 0 unspecified atom stereocenters. The minimum atomic E-state index is -0.371. The quantitative estimate of drug-likeness (QED) is 0.808. The molecule has 0 bridgehead atoms. The summed E-state index contributed by atoms with van der Waals surface area (Å²) >= 11 is 0.